The summed E-state index contributed by atoms with van der Waals surface area (Å²) in [6, 6.07) is 18.9. The van der Waals surface area contributed by atoms with Gasteiger partial charge in [-0.05, 0) is 78.1 Å². The van der Waals surface area contributed by atoms with E-state index in [0.717, 1.165) is 37.5 Å². The van der Waals surface area contributed by atoms with Crippen LogP contribution in [0.5, 0.6) is 0 Å². The first-order valence-electron chi connectivity index (χ1n) is 12.2. The summed E-state index contributed by atoms with van der Waals surface area (Å²) in [6.45, 7) is 7.33. The highest BCUT2D eigenvalue weighted by Crippen LogP contribution is 2.36. The van der Waals surface area contributed by atoms with Crippen molar-refractivity contribution in [2.24, 2.45) is 0 Å². The lowest BCUT2D eigenvalue weighted by molar-refractivity contribution is -0.000986. The molecule has 0 atom stereocenters. The van der Waals surface area contributed by atoms with Crippen LogP contribution in [-0.2, 0) is 11.3 Å². The van der Waals surface area contributed by atoms with E-state index >= 15 is 0 Å². The normalized spacial score (nSPS) is 17.4. The van der Waals surface area contributed by atoms with E-state index in [4.69, 9.17) is 21.4 Å². The molecule has 0 aliphatic carbocycles. The zero-order valence-corrected chi connectivity index (χ0v) is 21.2. The summed E-state index contributed by atoms with van der Waals surface area (Å²) in [6.07, 6.45) is 1.17. The van der Waals surface area contributed by atoms with Gasteiger partial charge >= 0.3 is 12.1 Å². The summed E-state index contributed by atoms with van der Waals surface area (Å²) >= 11 is 6.07. The third-order valence-corrected chi connectivity index (χ3v) is 7.55. The molecule has 5 rings (SSSR count). The van der Waals surface area contributed by atoms with Gasteiger partial charge in [-0.1, -0.05) is 35.9 Å². The number of amides is 1. The first-order valence-corrected chi connectivity index (χ1v) is 12.5. The molecule has 2 aliphatic rings. The third kappa shape index (κ3) is 4.84. The van der Waals surface area contributed by atoms with Crippen LogP contribution in [0.25, 0.3) is 11.1 Å². The number of aryl methyl sites for hydroxylation is 2. The highest BCUT2D eigenvalue weighted by molar-refractivity contribution is 6.30. The molecule has 3 aromatic rings. The molecular formula is C29H29ClN2O4. The minimum Gasteiger partial charge on any atom is -0.478 e. The number of carboxylic acid groups (broad SMARTS) is 1. The maximum absolute atomic E-state index is 12.6. The van der Waals surface area contributed by atoms with E-state index < -0.39 is 11.6 Å². The first kappa shape index (κ1) is 24.3. The van der Waals surface area contributed by atoms with Crippen LogP contribution in [0.3, 0.4) is 0 Å². The molecule has 1 spiro atoms. The van der Waals surface area contributed by atoms with Crippen molar-refractivity contribution >= 4 is 29.4 Å². The van der Waals surface area contributed by atoms with Crippen molar-refractivity contribution in [1.29, 1.82) is 0 Å². The SMILES string of the molecule is Cc1cc(CN2CCC3(CC2)CN(c2ccc(C(=O)O)cc2)C(=O)O3)cc(C)c1-c1ccc(Cl)cc1. The molecule has 1 amide bonds. The Morgan fingerprint density at radius 3 is 2.19 bits per heavy atom. The van der Waals surface area contributed by atoms with Gasteiger partial charge in [0.25, 0.3) is 0 Å². The Hall–Kier alpha value is -3.35. The number of likely N-dealkylation sites (tertiary alicyclic amines) is 1. The lowest BCUT2D eigenvalue weighted by Gasteiger charge is -2.37. The molecule has 6 nitrogen and oxygen atoms in total. The van der Waals surface area contributed by atoms with Crippen LogP contribution < -0.4 is 4.90 Å². The van der Waals surface area contributed by atoms with Crippen LogP contribution in [0.1, 0.15) is 39.9 Å². The fraction of sp³-hybridized carbons (Fsp3) is 0.310. The average molecular weight is 505 g/mol. The fourth-order valence-electron chi connectivity index (χ4n) is 5.46. The van der Waals surface area contributed by atoms with E-state index in [2.05, 4.69) is 43.0 Å². The summed E-state index contributed by atoms with van der Waals surface area (Å²) in [5.41, 5.74) is 6.56. The van der Waals surface area contributed by atoms with Crippen molar-refractivity contribution in [2.45, 2.75) is 38.8 Å². The zero-order valence-electron chi connectivity index (χ0n) is 20.5. The van der Waals surface area contributed by atoms with E-state index in [1.54, 1.807) is 17.0 Å². The Morgan fingerprint density at radius 1 is 1.00 bits per heavy atom. The molecule has 2 saturated heterocycles. The molecule has 0 aromatic heterocycles. The van der Waals surface area contributed by atoms with Gasteiger partial charge in [0, 0.05) is 43.2 Å². The Labute approximate surface area is 216 Å². The number of halogens is 1. The lowest BCUT2D eigenvalue weighted by atomic mass is 9.90. The molecular weight excluding hydrogens is 476 g/mol. The summed E-state index contributed by atoms with van der Waals surface area (Å²) < 4.78 is 5.88. The molecule has 7 heteroatoms. The predicted molar refractivity (Wildman–Crippen MR) is 141 cm³/mol. The highest BCUT2D eigenvalue weighted by atomic mass is 35.5. The van der Waals surface area contributed by atoms with Crippen molar-refractivity contribution < 1.29 is 19.4 Å². The number of benzene rings is 3. The number of rotatable bonds is 5. The summed E-state index contributed by atoms with van der Waals surface area (Å²) in [5, 5.41) is 9.85. The fourth-order valence-corrected chi connectivity index (χ4v) is 5.59. The second kappa shape index (κ2) is 9.60. The summed E-state index contributed by atoms with van der Waals surface area (Å²) in [7, 11) is 0. The predicted octanol–water partition coefficient (Wildman–Crippen LogP) is 6.31. The molecule has 186 valence electrons. The Morgan fingerprint density at radius 2 is 1.61 bits per heavy atom. The number of hydrogen-bond acceptors (Lipinski definition) is 4. The number of carboxylic acids is 1. The van der Waals surface area contributed by atoms with Crippen LogP contribution in [0, 0.1) is 13.8 Å². The number of anilines is 1. The molecule has 0 bridgehead atoms. The number of piperidine rings is 1. The second-order valence-corrected chi connectivity index (χ2v) is 10.3. The monoisotopic (exact) mass is 504 g/mol. The number of ether oxygens (including phenoxy) is 1. The van der Waals surface area contributed by atoms with Gasteiger partial charge in [0.05, 0.1) is 12.1 Å². The number of hydrogen-bond donors (Lipinski definition) is 1. The quantitative estimate of drug-likeness (QED) is 0.440. The standard InChI is InChI=1S/C29H29ClN2O4/c1-19-15-21(16-20(2)26(19)22-3-7-24(30)8-4-22)17-31-13-11-29(12-14-31)18-32(28(35)36-29)25-9-5-23(6-10-25)27(33)34/h3-10,15-16H,11-14,17-18H2,1-2H3,(H,33,34). The van der Waals surface area contributed by atoms with Crippen LogP contribution in [0.15, 0.2) is 60.7 Å². The molecule has 2 heterocycles. The van der Waals surface area contributed by atoms with Crippen molar-refractivity contribution in [3.8, 4) is 11.1 Å². The highest BCUT2D eigenvalue weighted by Gasteiger charge is 2.47. The van der Waals surface area contributed by atoms with Crippen LogP contribution in [0.2, 0.25) is 5.02 Å². The smallest absolute Gasteiger partial charge is 0.415 e. The van der Waals surface area contributed by atoms with Gasteiger partial charge < -0.3 is 9.84 Å². The second-order valence-electron chi connectivity index (χ2n) is 9.88. The maximum atomic E-state index is 12.6. The van der Waals surface area contributed by atoms with Crippen LogP contribution in [0.4, 0.5) is 10.5 Å². The van der Waals surface area contributed by atoms with E-state index in [0.29, 0.717) is 12.2 Å². The maximum Gasteiger partial charge on any atom is 0.415 e. The minimum atomic E-state index is -0.987. The molecule has 2 fully saturated rings. The first-order chi connectivity index (χ1) is 17.2. The molecule has 36 heavy (non-hydrogen) atoms. The van der Waals surface area contributed by atoms with E-state index in [9.17, 15) is 9.59 Å². The number of carbonyl (C=O) groups excluding carboxylic acids is 1. The molecule has 0 radical (unpaired) electrons. The molecule has 3 aromatic carbocycles. The van der Waals surface area contributed by atoms with Crippen LogP contribution >= 0.6 is 11.6 Å². The van der Waals surface area contributed by atoms with Crippen LogP contribution in [-0.4, -0.2) is 47.3 Å². The van der Waals surface area contributed by atoms with Gasteiger partial charge in [0.2, 0.25) is 0 Å². The van der Waals surface area contributed by atoms with Crippen molar-refractivity contribution in [1.82, 2.24) is 4.90 Å². The lowest BCUT2D eigenvalue weighted by Crippen LogP contribution is -2.46. The molecule has 0 saturated carbocycles. The van der Waals surface area contributed by atoms with Gasteiger partial charge in [-0.3, -0.25) is 9.80 Å². The van der Waals surface area contributed by atoms with Crippen molar-refractivity contribution in [3.63, 3.8) is 0 Å². The van der Waals surface area contributed by atoms with Gasteiger partial charge in [0.15, 0.2) is 0 Å². The minimum absolute atomic E-state index is 0.195. The van der Waals surface area contributed by atoms with E-state index in [1.807, 2.05) is 12.1 Å². The van der Waals surface area contributed by atoms with Crippen molar-refractivity contribution in [2.75, 3.05) is 24.5 Å². The van der Waals surface area contributed by atoms with Gasteiger partial charge in [-0.25, -0.2) is 9.59 Å². The number of aromatic carboxylic acids is 1. The average Bonchev–Trinajstić information content (AvgIpc) is 3.17. The van der Waals surface area contributed by atoms with Gasteiger partial charge in [0.1, 0.15) is 5.60 Å². The van der Waals surface area contributed by atoms with Crippen molar-refractivity contribution in [3.05, 3.63) is 87.9 Å². The largest absolute Gasteiger partial charge is 0.478 e. The van der Waals surface area contributed by atoms with E-state index in [-0.39, 0.29) is 11.7 Å². The Balaban J connectivity index is 1.23. The third-order valence-electron chi connectivity index (χ3n) is 7.30. The summed E-state index contributed by atoms with van der Waals surface area (Å²) in [4.78, 5) is 27.8. The van der Waals surface area contributed by atoms with E-state index in [1.165, 1.54) is 39.9 Å². The number of nitrogens with zero attached hydrogens (tertiary/aromatic N) is 2. The van der Waals surface area contributed by atoms with Gasteiger partial charge in [-0.15, -0.1) is 0 Å². The number of carbonyl (C=O) groups is 2. The van der Waals surface area contributed by atoms with Gasteiger partial charge in [-0.2, -0.15) is 0 Å². The molecule has 1 N–H and O–H groups in total. The Bertz CT molecular complexity index is 1270. The summed E-state index contributed by atoms with van der Waals surface area (Å²) in [5.74, 6) is -0.987. The topological polar surface area (TPSA) is 70.1 Å². The zero-order chi connectivity index (χ0) is 25.4. The Kier molecular flexibility index (Phi) is 6.49. The molecule has 2 aliphatic heterocycles. The molecule has 0 unspecified atom stereocenters.